The number of hydrogen-bond acceptors (Lipinski definition) is 3. The minimum atomic E-state index is -0.137. The molecular weight excluding hydrogens is 194 g/mol. The molecule has 1 amide bonds. The van der Waals surface area contributed by atoms with Gasteiger partial charge in [0, 0.05) is 7.05 Å². The van der Waals surface area contributed by atoms with Crippen molar-refractivity contribution < 1.29 is 14.3 Å². The smallest absolute Gasteiger partial charge is 0.224 e. The van der Waals surface area contributed by atoms with Crippen molar-refractivity contribution in [1.29, 1.82) is 0 Å². The van der Waals surface area contributed by atoms with Gasteiger partial charge in [-0.1, -0.05) is 6.07 Å². The lowest BCUT2D eigenvalue weighted by atomic mass is 10.1. The summed E-state index contributed by atoms with van der Waals surface area (Å²) in [5.74, 6) is 1.13. The number of methoxy groups -OCH3 is 2. The van der Waals surface area contributed by atoms with Crippen molar-refractivity contribution in [1.82, 2.24) is 5.32 Å². The van der Waals surface area contributed by atoms with Gasteiger partial charge < -0.3 is 14.8 Å². The van der Waals surface area contributed by atoms with E-state index in [1.807, 2.05) is 6.07 Å². The van der Waals surface area contributed by atoms with Crippen molar-refractivity contribution in [2.45, 2.75) is 6.42 Å². The maximum Gasteiger partial charge on any atom is 0.224 e. The zero-order valence-electron chi connectivity index (χ0n) is 8.87. The molecule has 1 N–H and O–H groups in total. The first-order valence-electron chi connectivity index (χ1n) is 4.48. The second kappa shape index (κ2) is 5.24. The van der Waals surface area contributed by atoms with Crippen LogP contribution in [0, 0.1) is 7.05 Å². The molecule has 0 aliphatic rings. The van der Waals surface area contributed by atoms with Crippen LogP contribution in [0.2, 0.25) is 0 Å². The molecule has 1 aromatic carbocycles. The third kappa shape index (κ3) is 2.87. The van der Waals surface area contributed by atoms with Crippen LogP contribution in [0.3, 0.4) is 0 Å². The van der Waals surface area contributed by atoms with Crippen LogP contribution in [0.25, 0.3) is 0 Å². The lowest BCUT2D eigenvalue weighted by Gasteiger charge is -2.08. The summed E-state index contributed by atoms with van der Waals surface area (Å²) in [5.41, 5.74) is 0.855. The molecule has 0 aliphatic heterocycles. The lowest BCUT2D eigenvalue weighted by Crippen LogP contribution is -2.17. The third-order valence-electron chi connectivity index (χ3n) is 2.01. The fraction of sp³-hybridized carbons (Fsp3) is 0.273. The number of carbonyl (C=O) groups is 1. The number of rotatable bonds is 4. The molecule has 0 spiro atoms. The second-order valence-electron chi connectivity index (χ2n) is 2.97. The molecule has 4 nitrogen and oxygen atoms in total. The number of amides is 1. The second-order valence-corrected chi connectivity index (χ2v) is 2.97. The minimum absolute atomic E-state index is 0.137. The molecule has 0 aromatic heterocycles. The predicted molar refractivity (Wildman–Crippen MR) is 56.7 cm³/mol. The van der Waals surface area contributed by atoms with Gasteiger partial charge in [-0.2, -0.15) is 0 Å². The molecule has 0 aliphatic carbocycles. The molecule has 0 saturated heterocycles. The van der Waals surface area contributed by atoms with Gasteiger partial charge in [-0.15, -0.1) is 0 Å². The van der Waals surface area contributed by atoms with Crippen molar-refractivity contribution in [2.75, 3.05) is 14.2 Å². The topological polar surface area (TPSA) is 47.6 Å². The molecule has 81 valence electrons. The van der Waals surface area contributed by atoms with E-state index in [0.717, 1.165) is 5.56 Å². The molecule has 1 rings (SSSR count). The van der Waals surface area contributed by atoms with Crippen molar-refractivity contribution in [3.8, 4) is 11.5 Å². The highest BCUT2D eigenvalue weighted by atomic mass is 16.5. The van der Waals surface area contributed by atoms with E-state index in [2.05, 4.69) is 12.4 Å². The highest BCUT2D eigenvalue weighted by Crippen LogP contribution is 2.27. The largest absolute Gasteiger partial charge is 0.493 e. The van der Waals surface area contributed by atoms with Gasteiger partial charge in [-0.25, -0.2) is 0 Å². The molecular formula is C11H14NO3. The molecule has 0 fully saturated rings. The zero-order chi connectivity index (χ0) is 11.3. The fourth-order valence-electron chi connectivity index (χ4n) is 1.24. The quantitative estimate of drug-likeness (QED) is 0.807. The van der Waals surface area contributed by atoms with Crippen LogP contribution in [0.1, 0.15) is 5.56 Å². The number of ether oxygens (including phenoxy) is 2. The van der Waals surface area contributed by atoms with E-state index in [-0.39, 0.29) is 12.3 Å². The van der Waals surface area contributed by atoms with Gasteiger partial charge in [-0.05, 0) is 17.7 Å². The maximum atomic E-state index is 11.1. The molecule has 0 bridgehead atoms. The first-order chi connectivity index (χ1) is 7.21. The van der Waals surface area contributed by atoms with Gasteiger partial charge in [0.05, 0.1) is 20.6 Å². The van der Waals surface area contributed by atoms with Crippen LogP contribution >= 0.6 is 0 Å². The number of carbonyl (C=O) groups excluding carboxylic acids is 1. The summed E-state index contributed by atoms with van der Waals surface area (Å²) in [6.45, 7) is 0. The Morgan fingerprint density at radius 2 is 2.00 bits per heavy atom. The van der Waals surface area contributed by atoms with Gasteiger partial charge in [0.25, 0.3) is 0 Å². The van der Waals surface area contributed by atoms with E-state index in [4.69, 9.17) is 9.47 Å². The van der Waals surface area contributed by atoms with Gasteiger partial charge in [0.1, 0.15) is 0 Å². The summed E-state index contributed by atoms with van der Waals surface area (Å²) in [4.78, 5) is 11.1. The SMILES string of the molecule is [CH2]NC(=O)Cc1ccc(OC)c(OC)c1. The Kier molecular flexibility index (Phi) is 3.97. The van der Waals surface area contributed by atoms with E-state index in [9.17, 15) is 4.79 Å². The summed E-state index contributed by atoms with van der Waals surface area (Å²) in [7, 11) is 6.43. The molecule has 1 radical (unpaired) electrons. The summed E-state index contributed by atoms with van der Waals surface area (Å²) >= 11 is 0. The van der Waals surface area contributed by atoms with Crippen LogP contribution in [-0.4, -0.2) is 20.1 Å². The normalized spacial score (nSPS) is 9.53. The standard InChI is InChI=1S/C11H14NO3/c1-12-11(13)7-8-4-5-9(14-2)10(6-8)15-3/h4-6H,1,7H2,2-3H3,(H,12,13). The van der Waals surface area contributed by atoms with Gasteiger partial charge in [0.15, 0.2) is 11.5 Å². The van der Waals surface area contributed by atoms with Crippen molar-refractivity contribution in [3.63, 3.8) is 0 Å². The Morgan fingerprint density at radius 1 is 1.33 bits per heavy atom. The lowest BCUT2D eigenvalue weighted by molar-refractivity contribution is -0.119. The average molecular weight is 208 g/mol. The summed E-state index contributed by atoms with van der Waals surface area (Å²) in [6.07, 6.45) is 0.282. The predicted octanol–water partition coefficient (Wildman–Crippen LogP) is 1.15. The number of benzene rings is 1. The Bertz CT molecular complexity index is 350. The molecule has 15 heavy (non-hydrogen) atoms. The van der Waals surface area contributed by atoms with Gasteiger partial charge in [0.2, 0.25) is 5.91 Å². The van der Waals surface area contributed by atoms with Crippen LogP contribution in [-0.2, 0) is 11.2 Å². The monoisotopic (exact) mass is 208 g/mol. The fourth-order valence-corrected chi connectivity index (χ4v) is 1.24. The van der Waals surface area contributed by atoms with Crippen LogP contribution < -0.4 is 14.8 Å². The highest BCUT2D eigenvalue weighted by Gasteiger charge is 2.06. The number of hydrogen-bond donors (Lipinski definition) is 1. The van der Waals surface area contributed by atoms with E-state index in [1.54, 1.807) is 26.4 Å². The summed E-state index contributed by atoms with van der Waals surface area (Å²) in [5, 5.41) is 2.32. The van der Waals surface area contributed by atoms with E-state index in [1.165, 1.54) is 0 Å². The first kappa shape index (κ1) is 11.4. The third-order valence-corrected chi connectivity index (χ3v) is 2.01. The first-order valence-corrected chi connectivity index (χ1v) is 4.48. The number of nitrogens with one attached hydrogen (secondary N) is 1. The maximum absolute atomic E-state index is 11.1. The molecule has 1 aromatic rings. The zero-order valence-corrected chi connectivity index (χ0v) is 8.87. The average Bonchev–Trinajstić information content (AvgIpc) is 2.28. The molecule has 0 saturated carbocycles. The van der Waals surface area contributed by atoms with E-state index >= 15 is 0 Å². The minimum Gasteiger partial charge on any atom is -0.493 e. The van der Waals surface area contributed by atoms with E-state index in [0.29, 0.717) is 11.5 Å². The van der Waals surface area contributed by atoms with Gasteiger partial charge in [-0.3, -0.25) is 4.79 Å². The Labute approximate surface area is 89.2 Å². The molecule has 0 heterocycles. The Morgan fingerprint density at radius 3 is 2.53 bits per heavy atom. The van der Waals surface area contributed by atoms with Crippen molar-refractivity contribution >= 4 is 5.91 Å². The van der Waals surface area contributed by atoms with Gasteiger partial charge >= 0.3 is 0 Å². The van der Waals surface area contributed by atoms with Crippen LogP contribution in [0.15, 0.2) is 18.2 Å². The van der Waals surface area contributed by atoms with Crippen molar-refractivity contribution in [3.05, 3.63) is 30.8 Å². The highest BCUT2D eigenvalue weighted by molar-refractivity contribution is 5.78. The Balaban J connectivity index is 2.88. The van der Waals surface area contributed by atoms with E-state index < -0.39 is 0 Å². The summed E-state index contributed by atoms with van der Waals surface area (Å²) in [6, 6.07) is 5.36. The van der Waals surface area contributed by atoms with Crippen LogP contribution in [0.5, 0.6) is 11.5 Å². The molecule has 4 heteroatoms. The Hall–Kier alpha value is -1.71. The molecule has 0 atom stereocenters. The summed E-state index contributed by atoms with van der Waals surface area (Å²) < 4.78 is 10.2. The van der Waals surface area contributed by atoms with Crippen molar-refractivity contribution in [2.24, 2.45) is 0 Å². The van der Waals surface area contributed by atoms with Crippen LogP contribution in [0.4, 0.5) is 0 Å². The molecule has 0 unspecified atom stereocenters.